The van der Waals surface area contributed by atoms with Crippen LogP contribution in [0.15, 0.2) is 17.5 Å². The number of nitrogens with one attached hydrogen (secondary N) is 1. The van der Waals surface area contributed by atoms with E-state index in [2.05, 4.69) is 15.7 Å². The molecule has 0 bridgehead atoms. The van der Waals surface area contributed by atoms with Gasteiger partial charge in [-0.2, -0.15) is 0 Å². The number of hydrogen-bond acceptors (Lipinski definition) is 5. The van der Waals surface area contributed by atoms with Crippen molar-refractivity contribution in [2.75, 3.05) is 5.43 Å². The predicted molar refractivity (Wildman–Crippen MR) is 49.7 cm³/mol. The fourth-order valence-electron chi connectivity index (χ4n) is 1.14. The van der Waals surface area contributed by atoms with Crippen LogP contribution in [0.1, 0.15) is 12.5 Å². The van der Waals surface area contributed by atoms with E-state index in [9.17, 15) is 15.0 Å². The van der Waals surface area contributed by atoms with Crippen LogP contribution in [0.4, 0.5) is 11.5 Å². The number of hydrogen-bond donors (Lipinski definition) is 1. The first kappa shape index (κ1) is 10.0. The van der Waals surface area contributed by atoms with Crippen LogP contribution in [-0.2, 0) is 6.42 Å². The lowest BCUT2D eigenvalue weighted by atomic mass is 10.1. The van der Waals surface area contributed by atoms with E-state index in [4.69, 9.17) is 0 Å². The molecular formula is C7H8N4O3. The molecule has 1 rings (SSSR count). The Morgan fingerprint density at radius 3 is 2.93 bits per heavy atom. The van der Waals surface area contributed by atoms with Crippen molar-refractivity contribution >= 4 is 11.5 Å². The maximum absolute atomic E-state index is 10.6. The van der Waals surface area contributed by atoms with Gasteiger partial charge in [-0.25, -0.2) is 10.4 Å². The summed E-state index contributed by atoms with van der Waals surface area (Å²) in [4.78, 5) is 23.8. The fraction of sp³-hybridized carbons (Fsp3) is 0.286. The van der Waals surface area contributed by atoms with Crippen LogP contribution >= 0.6 is 0 Å². The van der Waals surface area contributed by atoms with Crippen LogP contribution in [0.5, 0.6) is 0 Å². The highest BCUT2D eigenvalue weighted by molar-refractivity contribution is 5.54. The van der Waals surface area contributed by atoms with Gasteiger partial charge < -0.3 is 0 Å². The number of nitroso groups, excluding NO2 is 1. The Labute approximate surface area is 79.2 Å². The highest BCUT2D eigenvalue weighted by atomic mass is 16.6. The van der Waals surface area contributed by atoms with E-state index in [1.807, 2.05) is 0 Å². The third-order valence-corrected chi connectivity index (χ3v) is 1.73. The SMILES string of the molecule is CCc1c([N+](=O)[O-])ccnc1NN=O. The molecule has 0 fully saturated rings. The molecule has 0 aliphatic carbocycles. The fourth-order valence-corrected chi connectivity index (χ4v) is 1.14. The molecule has 0 atom stereocenters. The summed E-state index contributed by atoms with van der Waals surface area (Å²) in [7, 11) is 0. The van der Waals surface area contributed by atoms with Gasteiger partial charge in [0.15, 0.2) is 5.82 Å². The molecule has 14 heavy (non-hydrogen) atoms. The zero-order chi connectivity index (χ0) is 10.6. The molecule has 0 saturated heterocycles. The lowest BCUT2D eigenvalue weighted by molar-refractivity contribution is -0.385. The number of aromatic nitrogens is 1. The van der Waals surface area contributed by atoms with Gasteiger partial charge in [-0.05, 0) is 6.42 Å². The Morgan fingerprint density at radius 1 is 1.71 bits per heavy atom. The quantitative estimate of drug-likeness (QED) is 0.448. The molecule has 0 aromatic carbocycles. The van der Waals surface area contributed by atoms with E-state index in [0.717, 1.165) is 0 Å². The van der Waals surface area contributed by atoms with Gasteiger partial charge in [0.25, 0.3) is 5.69 Å². The summed E-state index contributed by atoms with van der Waals surface area (Å²) < 4.78 is 0. The number of anilines is 1. The molecule has 0 amide bonds. The smallest absolute Gasteiger partial charge is 0.258 e. The van der Waals surface area contributed by atoms with Crippen molar-refractivity contribution in [1.29, 1.82) is 0 Å². The molecule has 0 radical (unpaired) electrons. The Balaban J connectivity index is 3.24. The van der Waals surface area contributed by atoms with E-state index in [1.165, 1.54) is 12.3 Å². The Kier molecular flexibility index (Phi) is 3.05. The summed E-state index contributed by atoms with van der Waals surface area (Å²) in [6.45, 7) is 1.74. The van der Waals surface area contributed by atoms with Crippen LogP contribution in [-0.4, -0.2) is 9.91 Å². The molecule has 0 spiro atoms. The van der Waals surface area contributed by atoms with Crippen molar-refractivity contribution < 1.29 is 4.92 Å². The monoisotopic (exact) mass is 196 g/mol. The number of nitrogens with zero attached hydrogens (tertiary/aromatic N) is 3. The van der Waals surface area contributed by atoms with Gasteiger partial charge in [-0.15, -0.1) is 4.91 Å². The topological polar surface area (TPSA) is 97.5 Å². The molecule has 0 unspecified atom stereocenters. The minimum atomic E-state index is -0.517. The molecule has 1 heterocycles. The van der Waals surface area contributed by atoms with Crippen LogP contribution in [0, 0.1) is 15.0 Å². The minimum absolute atomic E-state index is 0.0614. The van der Waals surface area contributed by atoms with Gasteiger partial charge in [-0.3, -0.25) is 10.1 Å². The average Bonchev–Trinajstić information content (AvgIpc) is 2.18. The van der Waals surface area contributed by atoms with E-state index in [0.29, 0.717) is 12.0 Å². The Bertz CT molecular complexity index is 366. The molecule has 74 valence electrons. The molecule has 1 aromatic heterocycles. The second-order valence-corrected chi connectivity index (χ2v) is 2.47. The average molecular weight is 196 g/mol. The van der Waals surface area contributed by atoms with Gasteiger partial charge in [0, 0.05) is 12.3 Å². The molecular weight excluding hydrogens is 188 g/mol. The van der Waals surface area contributed by atoms with E-state index in [1.54, 1.807) is 6.92 Å². The first-order valence-corrected chi connectivity index (χ1v) is 3.91. The molecule has 0 aliphatic heterocycles. The van der Waals surface area contributed by atoms with Gasteiger partial charge in [0.05, 0.1) is 15.8 Å². The maximum Gasteiger partial charge on any atom is 0.277 e. The van der Waals surface area contributed by atoms with Crippen LogP contribution < -0.4 is 5.43 Å². The summed E-state index contributed by atoms with van der Waals surface area (Å²) in [5, 5.41) is 13.0. The van der Waals surface area contributed by atoms with Gasteiger partial charge in [0.1, 0.15) is 0 Å². The standard InChI is InChI=1S/C7H8N4O3/c1-2-5-6(11(13)14)3-4-8-7(5)9-10-12/h3-4H,2H2,1H3,(H,8,9,12). The van der Waals surface area contributed by atoms with Crippen molar-refractivity contribution in [3.05, 3.63) is 32.8 Å². The van der Waals surface area contributed by atoms with Gasteiger partial charge >= 0.3 is 0 Å². The van der Waals surface area contributed by atoms with Crippen molar-refractivity contribution in [2.24, 2.45) is 5.29 Å². The largest absolute Gasteiger partial charge is 0.277 e. The molecule has 7 heteroatoms. The number of pyridine rings is 1. The summed E-state index contributed by atoms with van der Waals surface area (Å²) >= 11 is 0. The van der Waals surface area contributed by atoms with Crippen molar-refractivity contribution in [1.82, 2.24) is 4.98 Å². The van der Waals surface area contributed by atoms with E-state index >= 15 is 0 Å². The highest BCUT2D eigenvalue weighted by Crippen LogP contribution is 2.24. The van der Waals surface area contributed by atoms with Crippen LogP contribution in [0.25, 0.3) is 0 Å². The van der Waals surface area contributed by atoms with E-state index < -0.39 is 4.92 Å². The van der Waals surface area contributed by atoms with Crippen molar-refractivity contribution in [2.45, 2.75) is 13.3 Å². The summed E-state index contributed by atoms with van der Waals surface area (Å²) in [5.41, 5.74) is 2.39. The molecule has 0 saturated carbocycles. The minimum Gasteiger partial charge on any atom is -0.258 e. The lowest BCUT2D eigenvalue weighted by Crippen LogP contribution is -2.01. The van der Waals surface area contributed by atoms with Crippen LogP contribution in [0.2, 0.25) is 0 Å². The molecule has 7 nitrogen and oxygen atoms in total. The number of nitro groups is 1. The van der Waals surface area contributed by atoms with E-state index in [-0.39, 0.29) is 11.5 Å². The second-order valence-electron chi connectivity index (χ2n) is 2.47. The zero-order valence-corrected chi connectivity index (χ0v) is 7.43. The van der Waals surface area contributed by atoms with Crippen molar-refractivity contribution in [3.8, 4) is 0 Å². The second kappa shape index (κ2) is 4.26. The molecule has 0 aliphatic rings. The highest BCUT2D eigenvalue weighted by Gasteiger charge is 2.16. The third-order valence-electron chi connectivity index (χ3n) is 1.73. The normalized spacial score (nSPS) is 9.50. The number of rotatable bonds is 4. The first-order valence-electron chi connectivity index (χ1n) is 3.91. The zero-order valence-electron chi connectivity index (χ0n) is 7.43. The van der Waals surface area contributed by atoms with Gasteiger partial charge in [-0.1, -0.05) is 6.92 Å². The van der Waals surface area contributed by atoms with Crippen molar-refractivity contribution in [3.63, 3.8) is 0 Å². The predicted octanol–water partition coefficient (Wildman–Crippen LogP) is 1.65. The summed E-state index contributed by atoms with van der Waals surface area (Å²) in [6.07, 6.45) is 1.66. The summed E-state index contributed by atoms with van der Waals surface area (Å²) in [6, 6.07) is 1.29. The first-order chi connectivity index (χ1) is 6.70. The van der Waals surface area contributed by atoms with Gasteiger partial charge in [0.2, 0.25) is 0 Å². The van der Waals surface area contributed by atoms with Crippen LogP contribution in [0.3, 0.4) is 0 Å². The third kappa shape index (κ3) is 1.82. The molecule has 1 aromatic rings. The maximum atomic E-state index is 10.6. The lowest BCUT2D eigenvalue weighted by Gasteiger charge is -2.03. The Morgan fingerprint density at radius 2 is 2.43 bits per heavy atom. The molecule has 1 N–H and O–H groups in total. The Hall–Kier alpha value is -2.05. The summed E-state index contributed by atoms with van der Waals surface area (Å²) in [5.74, 6) is 0.136.